The summed E-state index contributed by atoms with van der Waals surface area (Å²) in [6.07, 6.45) is 2.16. The number of carbonyl (C=O) groups excluding carboxylic acids is 3. The number of carbonyl (C=O) groups is 3. The lowest BCUT2D eigenvalue weighted by Crippen LogP contribution is -2.55. The van der Waals surface area contributed by atoms with Crippen molar-refractivity contribution < 1.29 is 14.4 Å². The third kappa shape index (κ3) is 5.73. The van der Waals surface area contributed by atoms with Crippen LogP contribution in [-0.4, -0.2) is 47.8 Å². The van der Waals surface area contributed by atoms with E-state index in [1.165, 1.54) is 11.3 Å². The van der Waals surface area contributed by atoms with Crippen LogP contribution in [0, 0.1) is 12.8 Å². The monoisotopic (exact) mass is 441 g/mol. The first-order valence-electron chi connectivity index (χ1n) is 10.9. The van der Waals surface area contributed by atoms with Crippen LogP contribution < -0.4 is 10.6 Å². The van der Waals surface area contributed by atoms with Crippen LogP contribution in [0.15, 0.2) is 41.8 Å². The maximum atomic E-state index is 13.1. The van der Waals surface area contributed by atoms with E-state index in [1.807, 2.05) is 61.4 Å². The predicted molar refractivity (Wildman–Crippen MR) is 123 cm³/mol. The van der Waals surface area contributed by atoms with Crippen molar-refractivity contribution in [3.05, 3.63) is 57.8 Å². The van der Waals surface area contributed by atoms with Crippen LogP contribution in [0.25, 0.3) is 0 Å². The van der Waals surface area contributed by atoms with Gasteiger partial charge in [0.25, 0.3) is 11.8 Å². The summed E-state index contributed by atoms with van der Waals surface area (Å²) in [4.78, 5) is 41.2. The standard InChI is InChI=1S/C24H31N3O3S/c1-4-17(3)25-23(29)21(26-22(28)19-9-6-5-8-16(19)2)18-11-13-27(14-12-18)24(30)20-10-7-15-31-20/h5-10,15,17-18,21H,4,11-14H2,1-3H3,(H,25,29)(H,26,28)/t17-,21+/m1/s1. The minimum absolute atomic E-state index is 0.0237. The van der Waals surface area contributed by atoms with Gasteiger partial charge in [0.1, 0.15) is 6.04 Å². The Hall–Kier alpha value is -2.67. The normalized spacial score (nSPS) is 16.4. The van der Waals surface area contributed by atoms with E-state index in [1.54, 1.807) is 6.07 Å². The zero-order valence-corrected chi connectivity index (χ0v) is 19.2. The summed E-state index contributed by atoms with van der Waals surface area (Å²) in [7, 11) is 0. The summed E-state index contributed by atoms with van der Waals surface area (Å²) in [6, 6.07) is 10.5. The summed E-state index contributed by atoms with van der Waals surface area (Å²) in [5.74, 6) is -0.374. The molecule has 2 aromatic rings. The first kappa shape index (κ1) is 23.0. The van der Waals surface area contributed by atoms with Crippen LogP contribution in [-0.2, 0) is 4.79 Å². The number of aryl methyl sites for hydroxylation is 1. The van der Waals surface area contributed by atoms with Gasteiger partial charge in [-0.2, -0.15) is 0 Å². The van der Waals surface area contributed by atoms with Crippen molar-refractivity contribution in [1.29, 1.82) is 0 Å². The van der Waals surface area contributed by atoms with Crippen LogP contribution >= 0.6 is 11.3 Å². The van der Waals surface area contributed by atoms with Crippen molar-refractivity contribution in [2.75, 3.05) is 13.1 Å². The molecule has 2 atom stereocenters. The molecule has 2 N–H and O–H groups in total. The first-order chi connectivity index (χ1) is 14.9. The van der Waals surface area contributed by atoms with Gasteiger partial charge in [-0.15, -0.1) is 11.3 Å². The minimum atomic E-state index is -0.625. The second-order valence-electron chi connectivity index (χ2n) is 8.19. The Labute approximate surface area is 188 Å². The van der Waals surface area contributed by atoms with Gasteiger partial charge in [-0.3, -0.25) is 14.4 Å². The fourth-order valence-electron chi connectivity index (χ4n) is 3.87. The van der Waals surface area contributed by atoms with Crippen LogP contribution in [0.5, 0.6) is 0 Å². The van der Waals surface area contributed by atoms with Gasteiger partial charge in [-0.25, -0.2) is 0 Å². The molecule has 1 aliphatic rings. The Bertz CT molecular complexity index is 905. The molecule has 1 fully saturated rings. The van der Waals surface area contributed by atoms with Crippen LogP contribution in [0.2, 0.25) is 0 Å². The Morgan fingerprint density at radius 3 is 2.42 bits per heavy atom. The quantitative estimate of drug-likeness (QED) is 0.689. The van der Waals surface area contributed by atoms with E-state index < -0.39 is 6.04 Å². The highest BCUT2D eigenvalue weighted by molar-refractivity contribution is 7.12. The number of piperidine rings is 1. The molecular formula is C24H31N3O3S. The second kappa shape index (κ2) is 10.6. The second-order valence-corrected chi connectivity index (χ2v) is 9.14. The smallest absolute Gasteiger partial charge is 0.263 e. The largest absolute Gasteiger partial charge is 0.352 e. The number of nitrogens with zero attached hydrogens (tertiary/aromatic N) is 1. The molecule has 1 saturated heterocycles. The van der Waals surface area contributed by atoms with Gasteiger partial charge in [-0.1, -0.05) is 31.2 Å². The molecule has 3 rings (SSSR count). The van der Waals surface area contributed by atoms with Crippen molar-refractivity contribution in [1.82, 2.24) is 15.5 Å². The molecular weight excluding hydrogens is 410 g/mol. The molecule has 2 heterocycles. The maximum absolute atomic E-state index is 13.1. The average molecular weight is 442 g/mol. The van der Waals surface area contributed by atoms with Gasteiger partial charge in [0, 0.05) is 24.7 Å². The number of hydrogen-bond donors (Lipinski definition) is 2. The van der Waals surface area contributed by atoms with E-state index in [0.717, 1.165) is 16.9 Å². The fourth-order valence-corrected chi connectivity index (χ4v) is 4.56. The van der Waals surface area contributed by atoms with Crippen LogP contribution in [0.1, 0.15) is 58.7 Å². The lowest BCUT2D eigenvalue weighted by atomic mass is 9.88. The van der Waals surface area contributed by atoms with E-state index in [9.17, 15) is 14.4 Å². The summed E-state index contributed by atoms with van der Waals surface area (Å²) in [5, 5.41) is 7.91. The number of hydrogen-bond acceptors (Lipinski definition) is 4. The highest BCUT2D eigenvalue weighted by atomic mass is 32.1. The topological polar surface area (TPSA) is 78.5 Å². The molecule has 0 aliphatic carbocycles. The molecule has 3 amide bonds. The number of benzene rings is 1. The Morgan fingerprint density at radius 2 is 1.81 bits per heavy atom. The van der Waals surface area contributed by atoms with E-state index in [0.29, 0.717) is 31.5 Å². The number of thiophene rings is 1. The Kier molecular flexibility index (Phi) is 7.85. The van der Waals surface area contributed by atoms with E-state index >= 15 is 0 Å². The van der Waals surface area contributed by atoms with Crippen LogP contribution in [0.3, 0.4) is 0 Å². The summed E-state index contributed by atoms with van der Waals surface area (Å²) in [5.41, 5.74) is 1.45. The molecule has 0 bridgehead atoms. The van der Waals surface area contributed by atoms with Gasteiger partial charge < -0.3 is 15.5 Å². The van der Waals surface area contributed by atoms with Crippen molar-refractivity contribution in [3.63, 3.8) is 0 Å². The number of likely N-dealkylation sites (tertiary alicyclic amines) is 1. The number of amides is 3. The summed E-state index contributed by atoms with van der Waals surface area (Å²) >= 11 is 1.44. The minimum Gasteiger partial charge on any atom is -0.352 e. The maximum Gasteiger partial charge on any atom is 0.263 e. The van der Waals surface area contributed by atoms with Crippen molar-refractivity contribution in [3.8, 4) is 0 Å². The SMILES string of the molecule is CC[C@@H](C)NC(=O)[C@@H](NC(=O)c1ccccc1C)C1CCN(C(=O)c2cccs2)CC1. The van der Waals surface area contributed by atoms with Crippen molar-refractivity contribution in [2.45, 2.75) is 52.1 Å². The molecule has 31 heavy (non-hydrogen) atoms. The molecule has 1 aromatic heterocycles. The van der Waals surface area contributed by atoms with Crippen molar-refractivity contribution >= 4 is 29.1 Å². The summed E-state index contributed by atoms with van der Waals surface area (Å²) < 4.78 is 0. The molecule has 0 unspecified atom stereocenters. The average Bonchev–Trinajstić information content (AvgIpc) is 3.32. The molecule has 7 heteroatoms. The van der Waals surface area contributed by atoms with E-state index in [-0.39, 0.29) is 29.7 Å². The third-order valence-electron chi connectivity index (χ3n) is 5.99. The zero-order valence-electron chi connectivity index (χ0n) is 18.4. The summed E-state index contributed by atoms with van der Waals surface area (Å²) in [6.45, 7) is 7.02. The number of nitrogens with one attached hydrogen (secondary N) is 2. The van der Waals surface area contributed by atoms with Gasteiger partial charge >= 0.3 is 0 Å². The molecule has 0 radical (unpaired) electrons. The van der Waals surface area contributed by atoms with Crippen molar-refractivity contribution in [2.24, 2.45) is 5.92 Å². The third-order valence-corrected chi connectivity index (χ3v) is 6.85. The molecule has 1 aromatic carbocycles. The number of rotatable bonds is 7. The molecule has 0 spiro atoms. The fraction of sp³-hybridized carbons (Fsp3) is 0.458. The zero-order chi connectivity index (χ0) is 22.4. The molecule has 166 valence electrons. The molecule has 6 nitrogen and oxygen atoms in total. The van der Waals surface area contributed by atoms with Gasteiger partial charge in [0.15, 0.2) is 0 Å². The van der Waals surface area contributed by atoms with Crippen LogP contribution in [0.4, 0.5) is 0 Å². The van der Waals surface area contributed by atoms with E-state index in [4.69, 9.17) is 0 Å². The molecule has 0 saturated carbocycles. The van der Waals surface area contributed by atoms with Gasteiger partial charge in [0.2, 0.25) is 5.91 Å². The highest BCUT2D eigenvalue weighted by Crippen LogP contribution is 2.24. The molecule has 1 aliphatic heterocycles. The lowest BCUT2D eigenvalue weighted by Gasteiger charge is -2.36. The lowest BCUT2D eigenvalue weighted by molar-refractivity contribution is -0.125. The first-order valence-corrected chi connectivity index (χ1v) is 11.8. The van der Waals surface area contributed by atoms with Gasteiger partial charge in [0.05, 0.1) is 4.88 Å². The predicted octanol–water partition coefficient (Wildman–Crippen LogP) is 3.62. The highest BCUT2D eigenvalue weighted by Gasteiger charge is 2.34. The van der Waals surface area contributed by atoms with Gasteiger partial charge in [-0.05, 0) is 62.1 Å². The Morgan fingerprint density at radius 1 is 1.10 bits per heavy atom. The van der Waals surface area contributed by atoms with E-state index in [2.05, 4.69) is 10.6 Å². The Balaban J connectivity index is 1.71.